The van der Waals surface area contributed by atoms with E-state index in [2.05, 4.69) is 38.1 Å². The summed E-state index contributed by atoms with van der Waals surface area (Å²) in [5.74, 6) is 0. The van der Waals surface area contributed by atoms with Crippen LogP contribution in [-0.4, -0.2) is 6.16 Å². The maximum Gasteiger partial charge on any atom is 0 e. The van der Waals surface area contributed by atoms with E-state index in [1.165, 1.54) is 24.6 Å². The zero-order valence-electron chi connectivity index (χ0n) is 11.2. The van der Waals surface area contributed by atoms with Crippen molar-refractivity contribution in [3.63, 3.8) is 0 Å². The number of unbranched alkanes of at least 4 members (excludes halogenated alkanes) is 1. The normalized spacial score (nSPS) is 11.7. The van der Waals surface area contributed by atoms with Gasteiger partial charge in [-0.2, -0.15) is 17.7 Å². The van der Waals surface area contributed by atoms with Crippen LogP contribution in [0.1, 0.15) is 37.9 Å². The van der Waals surface area contributed by atoms with E-state index in [0.717, 1.165) is 14.2 Å². The molecule has 2 atom stereocenters. The van der Waals surface area contributed by atoms with E-state index in [1.54, 1.807) is 0 Å². The summed E-state index contributed by atoms with van der Waals surface area (Å²) in [5.41, 5.74) is 2.30. The Hall–Kier alpha value is -0.351. The Kier molecular flexibility index (Phi) is 11.5. The zero-order chi connectivity index (χ0) is 12.3. The third-order valence-electron chi connectivity index (χ3n) is 2.72. The Morgan fingerprint density at radius 1 is 1.06 bits per heavy atom. The van der Waals surface area contributed by atoms with Gasteiger partial charge in [0.05, 0.1) is 0 Å². The molecule has 2 aromatic rings. The van der Waals surface area contributed by atoms with Crippen molar-refractivity contribution >= 4 is 8.58 Å². The summed E-state index contributed by atoms with van der Waals surface area (Å²) in [4.78, 5) is 0. The molecule has 0 amide bonds. The van der Waals surface area contributed by atoms with E-state index >= 15 is 0 Å². The van der Waals surface area contributed by atoms with Crippen LogP contribution in [0.3, 0.4) is 0 Å². The molecule has 2 aromatic carbocycles. The van der Waals surface area contributed by atoms with Crippen LogP contribution >= 0.6 is 8.58 Å². The van der Waals surface area contributed by atoms with Crippen molar-refractivity contribution in [3.8, 4) is 0 Å². The summed E-state index contributed by atoms with van der Waals surface area (Å²) in [5, 5.41) is 0. The molecule has 0 spiro atoms. The topological polar surface area (TPSA) is 0 Å². The number of rotatable bonds is 5. The average molecular weight is 302 g/mol. The molecular formula is C16H23FeP-6. The van der Waals surface area contributed by atoms with Crippen molar-refractivity contribution in [1.82, 2.24) is 0 Å². The van der Waals surface area contributed by atoms with E-state index in [-0.39, 0.29) is 17.1 Å². The molecule has 0 aromatic heterocycles. The van der Waals surface area contributed by atoms with E-state index < -0.39 is 0 Å². The summed E-state index contributed by atoms with van der Waals surface area (Å²) in [6.07, 6.45) is 4.13. The Morgan fingerprint density at radius 3 is 2.00 bits per heavy atom. The molecule has 106 valence electrons. The number of hydrogen-bond acceptors (Lipinski definition) is 0. The first-order valence-corrected chi connectivity index (χ1v) is 7.74. The molecule has 2 heteroatoms. The van der Waals surface area contributed by atoms with Gasteiger partial charge in [0.15, 0.2) is 0 Å². The van der Waals surface area contributed by atoms with Gasteiger partial charge < -0.3 is 30.3 Å². The van der Waals surface area contributed by atoms with Crippen molar-refractivity contribution in [2.45, 2.75) is 32.3 Å². The van der Waals surface area contributed by atoms with E-state index in [9.17, 15) is 0 Å². The van der Waals surface area contributed by atoms with Gasteiger partial charge in [0, 0.05) is 17.1 Å². The van der Waals surface area contributed by atoms with Gasteiger partial charge in [-0.1, -0.05) is 20.3 Å². The van der Waals surface area contributed by atoms with E-state index in [4.69, 9.17) is 0 Å². The van der Waals surface area contributed by atoms with Crippen LogP contribution in [0, 0.1) is 0 Å². The maximum absolute atomic E-state index is 2.34. The molecule has 0 N–H and O–H groups in total. The summed E-state index contributed by atoms with van der Waals surface area (Å²) in [6, 6.07) is 18.7. The van der Waals surface area contributed by atoms with Gasteiger partial charge in [0.25, 0.3) is 0 Å². The largest absolute Gasteiger partial charge is 0.748 e. The van der Waals surface area contributed by atoms with Crippen LogP contribution in [0.15, 0.2) is 54.6 Å². The average Bonchev–Trinajstić information content (AvgIpc) is 3.05. The molecular weight excluding hydrogens is 279 g/mol. The SMILES string of the molecule is CCCCPC(C)[c-]1cccc1.[Fe].[cH-]1[cH-][cH-][cH-][cH-]1. The smallest absolute Gasteiger partial charge is 0 e. The van der Waals surface area contributed by atoms with Gasteiger partial charge in [-0.15, -0.1) is 8.58 Å². The molecule has 0 bridgehead atoms. The van der Waals surface area contributed by atoms with Crippen LogP contribution in [0.2, 0.25) is 0 Å². The minimum Gasteiger partial charge on any atom is -0.748 e. The van der Waals surface area contributed by atoms with Crippen molar-refractivity contribution in [1.29, 1.82) is 0 Å². The summed E-state index contributed by atoms with van der Waals surface area (Å²) in [6.45, 7) is 4.60. The number of hydrogen-bond donors (Lipinski definition) is 0. The first-order chi connectivity index (χ1) is 8.34. The van der Waals surface area contributed by atoms with E-state index in [1.807, 2.05) is 30.3 Å². The fraction of sp³-hybridized carbons (Fsp3) is 0.375. The second-order valence-corrected chi connectivity index (χ2v) is 5.98. The molecule has 0 fully saturated rings. The standard InChI is InChI=1S/C11H18P.C5H5.Fe/c1-3-4-9-12-10(2)11-7-5-6-8-11;1-2-4-5-3-1;/h5-8,10,12H,3-4,9H2,1-2H3;1-5H;/q-1;-5;. The minimum atomic E-state index is 0. The summed E-state index contributed by atoms with van der Waals surface area (Å²) >= 11 is 0. The second-order valence-electron chi connectivity index (χ2n) is 4.21. The molecule has 18 heavy (non-hydrogen) atoms. The van der Waals surface area contributed by atoms with E-state index in [0.29, 0.717) is 0 Å². The van der Waals surface area contributed by atoms with Crippen LogP contribution in [0.5, 0.6) is 0 Å². The Balaban J connectivity index is 0.000000405. The molecule has 2 rings (SSSR count). The molecule has 0 aliphatic carbocycles. The van der Waals surface area contributed by atoms with Gasteiger partial charge in [-0.25, -0.2) is 12.1 Å². The molecule has 0 aliphatic heterocycles. The van der Waals surface area contributed by atoms with Crippen molar-refractivity contribution in [3.05, 3.63) is 60.2 Å². The third-order valence-corrected chi connectivity index (χ3v) is 4.31. The Labute approximate surface area is 124 Å². The maximum atomic E-state index is 2.34. The predicted molar refractivity (Wildman–Crippen MR) is 80.6 cm³/mol. The van der Waals surface area contributed by atoms with Crippen LogP contribution in [0.25, 0.3) is 0 Å². The molecule has 0 nitrogen and oxygen atoms in total. The van der Waals surface area contributed by atoms with Crippen molar-refractivity contribution < 1.29 is 17.1 Å². The molecule has 0 aliphatic rings. The summed E-state index contributed by atoms with van der Waals surface area (Å²) in [7, 11) is 1.11. The van der Waals surface area contributed by atoms with Crippen LogP contribution in [-0.2, 0) is 17.1 Å². The van der Waals surface area contributed by atoms with Gasteiger partial charge in [-0.05, 0) is 18.2 Å². The first kappa shape index (κ1) is 17.6. The van der Waals surface area contributed by atoms with Gasteiger partial charge in [0.1, 0.15) is 0 Å². The van der Waals surface area contributed by atoms with Crippen LogP contribution in [0.4, 0.5) is 0 Å². The van der Waals surface area contributed by atoms with Crippen LogP contribution < -0.4 is 0 Å². The third kappa shape index (κ3) is 7.88. The minimum absolute atomic E-state index is 0. The zero-order valence-corrected chi connectivity index (χ0v) is 13.4. The first-order valence-electron chi connectivity index (χ1n) is 6.46. The molecule has 0 saturated carbocycles. The second kappa shape index (κ2) is 11.7. The monoisotopic (exact) mass is 302 g/mol. The fourth-order valence-electron chi connectivity index (χ4n) is 1.61. The molecule has 0 heterocycles. The fourth-order valence-corrected chi connectivity index (χ4v) is 3.03. The molecule has 0 radical (unpaired) electrons. The van der Waals surface area contributed by atoms with Crippen molar-refractivity contribution in [2.75, 3.05) is 6.16 Å². The molecule has 2 unspecified atom stereocenters. The van der Waals surface area contributed by atoms with Gasteiger partial charge in [-0.3, -0.25) is 0 Å². The Morgan fingerprint density at radius 2 is 1.56 bits per heavy atom. The quantitative estimate of drug-likeness (QED) is 0.302. The molecule has 0 saturated heterocycles. The Bertz CT molecular complexity index is 320. The predicted octanol–water partition coefficient (Wildman–Crippen LogP) is 5.35. The van der Waals surface area contributed by atoms with Gasteiger partial charge in [0.2, 0.25) is 0 Å². The van der Waals surface area contributed by atoms with Gasteiger partial charge >= 0.3 is 0 Å². The summed E-state index contributed by atoms with van der Waals surface area (Å²) < 4.78 is 0. The van der Waals surface area contributed by atoms with Crippen molar-refractivity contribution in [2.24, 2.45) is 0 Å².